The van der Waals surface area contributed by atoms with E-state index >= 15 is 0 Å². The number of para-hydroxylation sites is 1. The van der Waals surface area contributed by atoms with Gasteiger partial charge >= 0.3 is 5.97 Å². The molecule has 82 heavy (non-hydrogen) atoms. The minimum atomic E-state index is -1.85. The number of carboxylic acid groups (broad SMARTS) is 1. The van der Waals surface area contributed by atoms with Crippen LogP contribution in [0.2, 0.25) is 0 Å². The number of carbonyl (C=O) groups is 11. The number of hydrogen-bond acceptors (Lipinski definition) is 15. The number of benzene rings is 3. The number of nitrogens with two attached hydrogens (primary N) is 4. The molecule has 0 saturated carbocycles. The summed E-state index contributed by atoms with van der Waals surface area (Å²) >= 11 is 0. The van der Waals surface area contributed by atoms with Crippen molar-refractivity contribution in [3.05, 3.63) is 108 Å². The van der Waals surface area contributed by atoms with E-state index in [9.17, 15) is 68.1 Å². The highest BCUT2D eigenvalue weighted by Gasteiger charge is 2.37. The third-order valence-corrected chi connectivity index (χ3v) is 13.1. The fourth-order valence-corrected chi connectivity index (χ4v) is 8.56. The summed E-state index contributed by atoms with van der Waals surface area (Å²) in [4.78, 5) is 151. The quantitative estimate of drug-likeness (QED) is 0.0201. The van der Waals surface area contributed by atoms with Crippen molar-refractivity contribution in [1.29, 1.82) is 0 Å². The maximum Gasteiger partial charge on any atom is 0.326 e. The van der Waals surface area contributed by atoms with Crippen LogP contribution in [-0.2, 0) is 72.0 Å². The SMILES string of the molecule is CC(C)[C@H](NC(=O)[C@H](Cc1ccccc1)NC(=O)[C@H](Cc1c[nH]c2ccccc12)NC(=O)[C@H](CC(N)=O)NC(=O)[C@H](Cc1ccccc1)NC(=O)[C@H](CO)NC(=O)[C@@H](NC(=O)[C@@H](N)CCCCN)[C@@H](C)O)C(=O)N[C@@H](CC(N)=O)C(=O)O. The van der Waals surface area contributed by atoms with E-state index in [-0.39, 0.29) is 25.7 Å². The van der Waals surface area contributed by atoms with Crippen LogP contribution in [0.5, 0.6) is 0 Å². The second-order valence-corrected chi connectivity index (χ2v) is 20.0. The largest absolute Gasteiger partial charge is 0.480 e. The Bertz CT molecular complexity index is 2850. The number of fused-ring (bicyclic) bond motifs is 1. The molecule has 0 aliphatic heterocycles. The Morgan fingerprint density at radius 3 is 1.44 bits per heavy atom. The first-order chi connectivity index (χ1) is 38.9. The lowest BCUT2D eigenvalue weighted by Gasteiger charge is -2.28. The summed E-state index contributed by atoms with van der Waals surface area (Å²) in [5.41, 5.74) is 24.5. The predicted molar refractivity (Wildman–Crippen MR) is 297 cm³/mol. The second-order valence-electron chi connectivity index (χ2n) is 20.0. The van der Waals surface area contributed by atoms with Crippen molar-refractivity contribution >= 4 is 75.9 Å². The van der Waals surface area contributed by atoms with Gasteiger partial charge in [-0.05, 0) is 55.0 Å². The summed E-state index contributed by atoms with van der Waals surface area (Å²) in [7, 11) is 0. The van der Waals surface area contributed by atoms with Crippen molar-refractivity contribution in [1.82, 2.24) is 47.5 Å². The van der Waals surface area contributed by atoms with Crippen molar-refractivity contribution in [2.24, 2.45) is 28.9 Å². The van der Waals surface area contributed by atoms with Crippen molar-refractivity contribution < 1.29 is 68.1 Å². The molecule has 0 saturated heterocycles. The van der Waals surface area contributed by atoms with Gasteiger partial charge in [0.15, 0.2) is 0 Å². The summed E-state index contributed by atoms with van der Waals surface area (Å²) in [5.74, 6) is -12.4. The number of amides is 10. The number of rotatable bonds is 34. The van der Waals surface area contributed by atoms with E-state index in [0.29, 0.717) is 47.0 Å². The molecule has 0 unspecified atom stereocenters. The minimum absolute atomic E-state index is 0.184. The number of nitrogens with one attached hydrogen (secondary N) is 9. The molecule has 0 fully saturated rings. The molecule has 1 aromatic heterocycles. The third-order valence-electron chi connectivity index (χ3n) is 13.1. The zero-order valence-corrected chi connectivity index (χ0v) is 45.7. The average molecular weight is 1140 g/mol. The molecule has 20 N–H and O–H groups in total. The normalized spacial score (nSPS) is 14.8. The van der Waals surface area contributed by atoms with Crippen molar-refractivity contribution in [2.75, 3.05) is 13.2 Å². The van der Waals surface area contributed by atoms with Gasteiger partial charge in [-0.15, -0.1) is 0 Å². The number of primary amides is 2. The average Bonchev–Trinajstić information content (AvgIpc) is 3.93. The van der Waals surface area contributed by atoms with Crippen LogP contribution in [-0.4, -0.2) is 159 Å². The Morgan fingerprint density at radius 1 is 0.512 bits per heavy atom. The van der Waals surface area contributed by atoms with Crippen LogP contribution in [0.25, 0.3) is 10.9 Å². The number of H-pyrrole nitrogens is 1. The summed E-state index contributed by atoms with van der Waals surface area (Å²) in [5, 5.41) is 50.6. The predicted octanol–water partition coefficient (Wildman–Crippen LogP) is -3.61. The van der Waals surface area contributed by atoms with Crippen molar-refractivity contribution in [2.45, 2.75) is 133 Å². The number of aliphatic carboxylic acids is 1. The van der Waals surface area contributed by atoms with Gasteiger partial charge in [0.1, 0.15) is 48.3 Å². The van der Waals surface area contributed by atoms with Crippen LogP contribution in [0.1, 0.15) is 69.6 Å². The van der Waals surface area contributed by atoms with E-state index < -0.39 is 151 Å². The fraction of sp³-hybridized carbons (Fsp3) is 0.436. The maximum atomic E-state index is 14.8. The van der Waals surface area contributed by atoms with Crippen LogP contribution >= 0.6 is 0 Å². The smallest absolute Gasteiger partial charge is 0.326 e. The summed E-state index contributed by atoms with van der Waals surface area (Å²) in [6.45, 7) is 3.63. The van der Waals surface area contributed by atoms with Gasteiger partial charge < -0.3 is 85.8 Å². The third kappa shape index (κ3) is 20.7. The van der Waals surface area contributed by atoms with E-state index in [1.54, 1.807) is 105 Å². The number of aliphatic hydroxyl groups is 2. The Morgan fingerprint density at radius 2 is 0.939 bits per heavy atom. The summed E-state index contributed by atoms with van der Waals surface area (Å²) in [6.07, 6.45) is -0.955. The first-order valence-electron chi connectivity index (χ1n) is 26.5. The Kier molecular flexibility index (Phi) is 26.0. The summed E-state index contributed by atoms with van der Waals surface area (Å²) < 4.78 is 0. The van der Waals surface area contributed by atoms with Crippen molar-refractivity contribution in [3.8, 4) is 0 Å². The lowest BCUT2D eigenvalue weighted by atomic mass is 9.99. The molecule has 1 heterocycles. The first-order valence-corrected chi connectivity index (χ1v) is 26.5. The molecule has 444 valence electrons. The molecule has 10 amide bonds. The van der Waals surface area contributed by atoms with Crippen molar-refractivity contribution in [3.63, 3.8) is 0 Å². The highest BCUT2D eigenvalue weighted by Crippen LogP contribution is 2.20. The van der Waals surface area contributed by atoms with Gasteiger partial charge in [-0.1, -0.05) is 99.1 Å². The molecule has 0 aliphatic carbocycles. The zero-order chi connectivity index (χ0) is 60.6. The molecular formula is C55H75N13O14. The van der Waals surface area contributed by atoms with E-state index in [1.165, 1.54) is 6.92 Å². The van der Waals surface area contributed by atoms with Gasteiger partial charge in [0, 0.05) is 36.4 Å². The Balaban J connectivity index is 1.66. The van der Waals surface area contributed by atoms with Gasteiger partial charge in [-0.2, -0.15) is 0 Å². The highest BCUT2D eigenvalue weighted by molar-refractivity contribution is 6.00. The number of aromatic amines is 1. The standard InChI is InChI=1S/C55H75N13O14/c1-29(2)45(53(79)65-41(55(81)82)26-44(59)72)67-51(77)38(23-32-16-8-5-9-17-32)61-49(75)39(24-33-27-60-36-20-11-10-18-34(33)36)63-50(76)40(25-43(58)71)64-48(74)37(22-31-14-6-4-7-15-31)62-52(78)42(28-69)66-54(80)46(30(3)70)68-47(73)35(57)19-12-13-21-56/h4-11,14-18,20,27,29-30,35,37-42,45-46,60,69-70H,12-13,19,21-26,28,56-57H2,1-3H3,(H2,58,71)(H2,59,72)(H,61,75)(H,62,78)(H,63,76)(H,64,74)(H,65,79)(H,66,80)(H,67,77)(H,68,73)(H,81,82)/t30-,35+,37+,38+,39+,40+,41+,42+,45+,46+/m1/s1. The van der Waals surface area contributed by atoms with E-state index in [1.807, 2.05) is 0 Å². The molecule has 10 atom stereocenters. The number of hydrogen-bond donors (Lipinski definition) is 16. The topological polar surface area (TPSA) is 465 Å². The second kappa shape index (κ2) is 32.5. The maximum absolute atomic E-state index is 14.8. The Hall–Kier alpha value is -8.79. The Labute approximate surface area is 472 Å². The number of carboxylic acids is 1. The first kappa shape index (κ1) is 65.7. The molecule has 4 aromatic rings. The summed E-state index contributed by atoms with van der Waals surface area (Å²) in [6, 6.07) is 9.37. The van der Waals surface area contributed by atoms with Gasteiger partial charge in [0.25, 0.3) is 0 Å². The molecule has 0 bridgehead atoms. The monoisotopic (exact) mass is 1140 g/mol. The number of aliphatic hydroxyl groups excluding tert-OH is 2. The van der Waals surface area contributed by atoms with E-state index in [0.717, 1.165) is 0 Å². The molecule has 3 aromatic carbocycles. The van der Waals surface area contributed by atoms with Gasteiger partial charge in [0.2, 0.25) is 59.1 Å². The minimum Gasteiger partial charge on any atom is -0.480 e. The van der Waals surface area contributed by atoms with Gasteiger partial charge in [-0.25, -0.2) is 4.79 Å². The van der Waals surface area contributed by atoms with E-state index in [2.05, 4.69) is 47.5 Å². The fourth-order valence-electron chi connectivity index (χ4n) is 8.56. The number of unbranched alkanes of at least 4 members (excludes halogenated alkanes) is 1. The van der Waals surface area contributed by atoms with Crippen LogP contribution in [0, 0.1) is 5.92 Å². The lowest BCUT2D eigenvalue weighted by molar-refractivity contribution is -0.144. The lowest BCUT2D eigenvalue weighted by Crippen LogP contribution is -2.62. The number of aromatic nitrogens is 1. The van der Waals surface area contributed by atoms with Crippen LogP contribution in [0.3, 0.4) is 0 Å². The molecule has 0 spiro atoms. The van der Waals surface area contributed by atoms with Crippen LogP contribution < -0.4 is 65.5 Å². The highest BCUT2D eigenvalue weighted by atomic mass is 16.4. The molecule has 0 aliphatic rings. The van der Waals surface area contributed by atoms with E-state index in [4.69, 9.17) is 22.9 Å². The van der Waals surface area contributed by atoms with Crippen LogP contribution in [0.15, 0.2) is 91.1 Å². The van der Waals surface area contributed by atoms with Gasteiger partial charge in [-0.3, -0.25) is 47.9 Å². The number of carbonyl (C=O) groups excluding carboxylic acids is 10. The molecular weight excluding hydrogens is 1070 g/mol. The van der Waals surface area contributed by atoms with Crippen LogP contribution in [0.4, 0.5) is 0 Å². The molecule has 27 nitrogen and oxygen atoms in total. The zero-order valence-electron chi connectivity index (χ0n) is 45.7. The molecule has 4 rings (SSSR count). The molecule has 0 radical (unpaired) electrons. The molecule has 27 heteroatoms. The van der Waals surface area contributed by atoms with Gasteiger partial charge in [0.05, 0.1) is 31.6 Å².